The van der Waals surface area contributed by atoms with E-state index < -0.39 is 35.3 Å². The fourth-order valence-electron chi connectivity index (χ4n) is 2.94. The fourth-order valence-corrected chi connectivity index (χ4v) is 2.94. The number of hydrogen-bond donors (Lipinski definition) is 0. The fraction of sp³-hybridized carbons (Fsp3) is 0.611. The normalized spacial score (nSPS) is 28.3. The lowest BCUT2D eigenvalue weighted by molar-refractivity contribution is -0.334. The van der Waals surface area contributed by atoms with Crippen LogP contribution in [0.5, 0.6) is 0 Å². The van der Waals surface area contributed by atoms with Gasteiger partial charge in [-0.1, -0.05) is 6.08 Å². The summed E-state index contributed by atoms with van der Waals surface area (Å²) in [4.78, 5) is 35.2. The van der Waals surface area contributed by atoms with Gasteiger partial charge in [0.25, 0.3) is 0 Å². The molecule has 0 N–H and O–H groups in total. The maximum Gasteiger partial charge on any atom is 0.330 e. The number of ether oxygens (including phenoxy) is 4. The predicted molar refractivity (Wildman–Crippen MR) is 89.5 cm³/mol. The van der Waals surface area contributed by atoms with Gasteiger partial charge in [-0.3, -0.25) is 4.79 Å². The minimum Gasteiger partial charge on any atom is -0.466 e. The Bertz CT molecular complexity index is 564. The van der Waals surface area contributed by atoms with Crippen molar-refractivity contribution < 1.29 is 33.3 Å². The van der Waals surface area contributed by atoms with Crippen molar-refractivity contribution in [2.75, 3.05) is 14.2 Å². The van der Waals surface area contributed by atoms with E-state index in [0.717, 1.165) is 0 Å². The summed E-state index contributed by atoms with van der Waals surface area (Å²) in [5, 5.41) is 0. The molecule has 1 heterocycles. The number of rotatable bonds is 7. The van der Waals surface area contributed by atoms with E-state index in [0.29, 0.717) is 24.7 Å². The molecule has 7 heteroatoms. The molecule has 0 unspecified atom stereocenters. The number of hydrogen-bond acceptors (Lipinski definition) is 7. The quantitative estimate of drug-likeness (QED) is 0.299. The van der Waals surface area contributed by atoms with E-state index in [1.54, 1.807) is 19.9 Å². The molecule has 1 aliphatic rings. The monoisotopic (exact) mass is 354 g/mol. The average Bonchev–Trinajstić information content (AvgIpc) is 2.56. The van der Waals surface area contributed by atoms with Crippen LogP contribution in [0.4, 0.5) is 0 Å². The van der Waals surface area contributed by atoms with E-state index in [1.165, 1.54) is 27.2 Å². The second-order valence-electron chi connectivity index (χ2n) is 6.41. The van der Waals surface area contributed by atoms with Gasteiger partial charge in [0.2, 0.25) is 5.79 Å². The average molecular weight is 354 g/mol. The Kier molecular flexibility index (Phi) is 7.07. The summed E-state index contributed by atoms with van der Waals surface area (Å²) in [6.07, 6.45) is 2.89. The minimum atomic E-state index is -1.59. The Morgan fingerprint density at radius 1 is 1.40 bits per heavy atom. The molecule has 1 saturated heterocycles. The molecule has 0 amide bonds. The van der Waals surface area contributed by atoms with Crippen molar-refractivity contribution in [2.45, 2.75) is 51.6 Å². The van der Waals surface area contributed by atoms with Crippen molar-refractivity contribution in [1.29, 1.82) is 0 Å². The molecule has 7 nitrogen and oxygen atoms in total. The SMILES string of the molecule is C=CC[C@@H]1C/C(=C\C(=O)OC)[C@H](OC(C)=O)[C@](OC)(C(C)(C)C=O)O1. The Morgan fingerprint density at radius 3 is 2.48 bits per heavy atom. The molecule has 140 valence electrons. The highest BCUT2D eigenvalue weighted by Gasteiger charge is 2.59. The lowest BCUT2D eigenvalue weighted by atomic mass is 9.75. The van der Waals surface area contributed by atoms with E-state index in [-0.39, 0.29) is 0 Å². The van der Waals surface area contributed by atoms with Crippen LogP contribution in [0.25, 0.3) is 0 Å². The molecule has 25 heavy (non-hydrogen) atoms. The van der Waals surface area contributed by atoms with Crippen molar-refractivity contribution in [3.63, 3.8) is 0 Å². The Morgan fingerprint density at radius 2 is 2.04 bits per heavy atom. The third kappa shape index (κ3) is 4.35. The maximum absolute atomic E-state index is 11.8. The molecular formula is C18H26O7. The topological polar surface area (TPSA) is 88.1 Å². The van der Waals surface area contributed by atoms with Gasteiger partial charge in [0.1, 0.15) is 6.29 Å². The van der Waals surface area contributed by atoms with Gasteiger partial charge in [-0.15, -0.1) is 6.58 Å². The maximum atomic E-state index is 11.8. The van der Waals surface area contributed by atoms with E-state index in [1.807, 2.05) is 0 Å². The van der Waals surface area contributed by atoms with Crippen LogP contribution in [0.15, 0.2) is 24.3 Å². The molecule has 1 rings (SSSR count). The summed E-state index contributed by atoms with van der Waals surface area (Å²) in [5.74, 6) is -2.78. The van der Waals surface area contributed by atoms with Gasteiger partial charge >= 0.3 is 11.9 Å². The number of esters is 2. The first-order chi connectivity index (χ1) is 11.7. The Hall–Kier alpha value is -1.99. The molecule has 0 aromatic rings. The summed E-state index contributed by atoms with van der Waals surface area (Å²) >= 11 is 0. The lowest BCUT2D eigenvalue weighted by Gasteiger charge is -2.51. The molecule has 0 bridgehead atoms. The van der Waals surface area contributed by atoms with Gasteiger partial charge in [0.15, 0.2) is 6.10 Å². The molecule has 0 aromatic heterocycles. The van der Waals surface area contributed by atoms with E-state index in [2.05, 4.69) is 11.3 Å². The molecule has 0 saturated carbocycles. The summed E-state index contributed by atoms with van der Waals surface area (Å²) in [7, 11) is 2.62. The largest absolute Gasteiger partial charge is 0.466 e. The molecule has 0 aliphatic carbocycles. The van der Waals surface area contributed by atoms with Crippen LogP contribution in [0, 0.1) is 5.41 Å². The van der Waals surface area contributed by atoms with Crippen molar-refractivity contribution >= 4 is 18.2 Å². The van der Waals surface area contributed by atoms with Crippen LogP contribution in [-0.2, 0) is 33.3 Å². The molecular weight excluding hydrogens is 328 g/mol. The standard InChI is InChI=1S/C18H26O7/c1-7-8-14-9-13(10-15(21)22-5)16(24-12(2)20)18(23-6,25-14)17(3,4)11-19/h7,10-11,14,16H,1,8-9H2,2-6H3/b13-10+/t14-,16+,18-/m1/s1. The van der Waals surface area contributed by atoms with Gasteiger partial charge in [0, 0.05) is 20.1 Å². The molecule has 3 atom stereocenters. The Balaban J connectivity index is 3.56. The number of carbonyl (C=O) groups is 3. The van der Waals surface area contributed by atoms with Crippen molar-refractivity contribution in [1.82, 2.24) is 0 Å². The minimum absolute atomic E-state index is 0.305. The second kappa shape index (κ2) is 8.40. The first-order valence-corrected chi connectivity index (χ1v) is 7.93. The van der Waals surface area contributed by atoms with Crippen LogP contribution in [-0.4, -0.2) is 50.4 Å². The van der Waals surface area contributed by atoms with Crippen LogP contribution in [0.2, 0.25) is 0 Å². The summed E-state index contributed by atoms with van der Waals surface area (Å²) in [5.41, 5.74) is -0.714. The third-order valence-corrected chi connectivity index (χ3v) is 4.20. The highest BCUT2D eigenvalue weighted by molar-refractivity contribution is 5.83. The molecule has 1 fully saturated rings. The number of methoxy groups -OCH3 is 2. The number of aldehydes is 1. The van der Waals surface area contributed by atoms with Gasteiger partial charge in [0.05, 0.1) is 18.6 Å². The molecule has 0 radical (unpaired) electrons. The van der Waals surface area contributed by atoms with Crippen LogP contribution in [0.1, 0.15) is 33.6 Å². The van der Waals surface area contributed by atoms with Crippen LogP contribution >= 0.6 is 0 Å². The zero-order valence-electron chi connectivity index (χ0n) is 15.4. The smallest absolute Gasteiger partial charge is 0.330 e. The number of carbonyl (C=O) groups excluding carboxylic acids is 3. The lowest BCUT2D eigenvalue weighted by Crippen LogP contribution is -2.63. The summed E-state index contributed by atoms with van der Waals surface area (Å²) in [6, 6.07) is 0. The van der Waals surface area contributed by atoms with E-state index >= 15 is 0 Å². The van der Waals surface area contributed by atoms with Crippen molar-refractivity contribution in [3.8, 4) is 0 Å². The summed E-state index contributed by atoms with van der Waals surface area (Å²) in [6.45, 7) is 8.16. The zero-order valence-corrected chi connectivity index (χ0v) is 15.4. The van der Waals surface area contributed by atoms with Gasteiger partial charge in [-0.05, 0) is 32.3 Å². The summed E-state index contributed by atoms with van der Waals surface area (Å²) < 4.78 is 21.8. The van der Waals surface area contributed by atoms with Gasteiger partial charge in [-0.2, -0.15) is 0 Å². The van der Waals surface area contributed by atoms with Crippen LogP contribution in [0.3, 0.4) is 0 Å². The highest BCUT2D eigenvalue weighted by atomic mass is 16.7. The van der Waals surface area contributed by atoms with Gasteiger partial charge in [-0.25, -0.2) is 4.79 Å². The first-order valence-electron chi connectivity index (χ1n) is 7.93. The van der Waals surface area contributed by atoms with Crippen LogP contribution < -0.4 is 0 Å². The molecule has 1 aliphatic heterocycles. The van der Waals surface area contributed by atoms with E-state index in [9.17, 15) is 14.4 Å². The van der Waals surface area contributed by atoms with Gasteiger partial charge < -0.3 is 23.7 Å². The van der Waals surface area contributed by atoms with Crippen molar-refractivity contribution in [3.05, 3.63) is 24.3 Å². The Labute approximate surface area is 147 Å². The van der Waals surface area contributed by atoms with Crippen molar-refractivity contribution in [2.24, 2.45) is 5.41 Å². The highest BCUT2D eigenvalue weighted by Crippen LogP contribution is 2.46. The first kappa shape index (κ1) is 21.1. The third-order valence-electron chi connectivity index (χ3n) is 4.20. The van der Waals surface area contributed by atoms with E-state index in [4.69, 9.17) is 14.2 Å². The second-order valence-corrected chi connectivity index (χ2v) is 6.41. The zero-order chi connectivity index (χ0) is 19.3. The molecule has 0 aromatic carbocycles. The predicted octanol–water partition coefficient (Wildman–Crippen LogP) is 1.95. The molecule has 0 spiro atoms.